The van der Waals surface area contributed by atoms with E-state index in [1.54, 1.807) is 0 Å². The van der Waals surface area contributed by atoms with E-state index >= 15 is 0 Å². The van der Waals surface area contributed by atoms with Gasteiger partial charge in [-0.1, -0.05) is 6.92 Å². The van der Waals surface area contributed by atoms with Gasteiger partial charge >= 0.3 is 0 Å². The molecule has 2 rings (SSSR count). The van der Waals surface area contributed by atoms with Crippen molar-refractivity contribution in [3.8, 4) is 0 Å². The van der Waals surface area contributed by atoms with Crippen LogP contribution >= 0.6 is 0 Å². The zero-order valence-electron chi connectivity index (χ0n) is 12.6. The first-order valence-corrected chi connectivity index (χ1v) is 7.38. The molecule has 4 heteroatoms. The number of nitrogens with zero attached hydrogens (tertiary/aromatic N) is 1. The van der Waals surface area contributed by atoms with Crippen molar-refractivity contribution in [3.63, 3.8) is 0 Å². The van der Waals surface area contributed by atoms with Crippen molar-refractivity contribution in [2.45, 2.75) is 39.4 Å². The molecule has 1 aromatic rings. The summed E-state index contributed by atoms with van der Waals surface area (Å²) in [6.07, 6.45) is 1.30. The Kier molecular flexibility index (Phi) is 5.01. The molecule has 0 radical (unpaired) electrons. The maximum absolute atomic E-state index is 12.5. The van der Waals surface area contributed by atoms with Crippen LogP contribution in [0.4, 0.5) is 5.69 Å². The van der Waals surface area contributed by atoms with Gasteiger partial charge in [0.25, 0.3) is 5.91 Å². The molecule has 0 bridgehead atoms. The van der Waals surface area contributed by atoms with Crippen LogP contribution < -0.4 is 5.32 Å². The number of rotatable bonds is 4. The molecule has 1 heterocycles. The molecule has 1 aliphatic heterocycles. The molecule has 2 unspecified atom stereocenters. The van der Waals surface area contributed by atoms with Gasteiger partial charge in [0.05, 0.1) is 12.2 Å². The molecule has 4 nitrogen and oxygen atoms in total. The molecule has 110 valence electrons. The molecule has 1 amide bonds. The van der Waals surface area contributed by atoms with Gasteiger partial charge in [0.1, 0.15) is 0 Å². The summed E-state index contributed by atoms with van der Waals surface area (Å²) >= 11 is 0. The van der Waals surface area contributed by atoms with Crippen LogP contribution in [0.2, 0.25) is 0 Å². The molecule has 1 N–H and O–H groups in total. The van der Waals surface area contributed by atoms with Crippen molar-refractivity contribution in [2.75, 3.05) is 25.0 Å². The van der Waals surface area contributed by atoms with E-state index in [0.717, 1.165) is 24.2 Å². The molecule has 1 aliphatic rings. The van der Waals surface area contributed by atoms with Crippen LogP contribution in [0.3, 0.4) is 0 Å². The molecular weight excluding hydrogens is 252 g/mol. The second-order valence-corrected chi connectivity index (χ2v) is 5.47. The number of morpholine rings is 1. The minimum atomic E-state index is 0.0917. The zero-order valence-corrected chi connectivity index (χ0v) is 12.6. The van der Waals surface area contributed by atoms with Gasteiger partial charge in [0.15, 0.2) is 0 Å². The highest BCUT2D eigenvalue weighted by Gasteiger charge is 2.26. The lowest BCUT2D eigenvalue weighted by Crippen LogP contribution is -2.48. The summed E-state index contributed by atoms with van der Waals surface area (Å²) in [5, 5.41) is 3.31. The number of hydrogen-bond donors (Lipinski definition) is 1. The molecule has 20 heavy (non-hydrogen) atoms. The van der Waals surface area contributed by atoms with Crippen LogP contribution in [-0.4, -0.2) is 42.6 Å². The van der Waals surface area contributed by atoms with Gasteiger partial charge in [-0.05, 0) is 44.5 Å². The van der Waals surface area contributed by atoms with Crippen LogP contribution in [0.25, 0.3) is 0 Å². The Labute approximate surface area is 121 Å². The van der Waals surface area contributed by atoms with Crippen LogP contribution in [0, 0.1) is 0 Å². The minimum absolute atomic E-state index is 0.0917. The first-order valence-electron chi connectivity index (χ1n) is 7.38. The summed E-state index contributed by atoms with van der Waals surface area (Å²) in [7, 11) is 0. The molecule has 0 aliphatic carbocycles. The lowest BCUT2D eigenvalue weighted by Gasteiger charge is -2.35. The van der Waals surface area contributed by atoms with Gasteiger partial charge in [-0.3, -0.25) is 4.79 Å². The summed E-state index contributed by atoms with van der Waals surface area (Å²) in [6, 6.07) is 7.72. The van der Waals surface area contributed by atoms with Crippen molar-refractivity contribution < 1.29 is 9.53 Å². The fourth-order valence-electron chi connectivity index (χ4n) is 2.53. The number of carbonyl (C=O) groups excluding carboxylic acids is 1. The molecule has 0 saturated carbocycles. The van der Waals surface area contributed by atoms with E-state index in [1.165, 1.54) is 0 Å². The Morgan fingerprint density at radius 3 is 2.40 bits per heavy atom. The monoisotopic (exact) mass is 276 g/mol. The third kappa shape index (κ3) is 3.73. The third-order valence-electron chi connectivity index (χ3n) is 3.42. The fraction of sp³-hybridized carbons (Fsp3) is 0.562. The highest BCUT2D eigenvalue weighted by atomic mass is 16.5. The molecule has 0 aromatic heterocycles. The van der Waals surface area contributed by atoms with Crippen LogP contribution in [0.15, 0.2) is 24.3 Å². The second-order valence-electron chi connectivity index (χ2n) is 5.47. The summed E-state index contributed by atoms with van der Waals surface area (Å²) in [5.41, 5.74) is 1.81. The molecule has 1 fully saturated rings. The van der Waals surface area contributed by atoms with Crippen molar-refractivity contribution in [1.29, 1.82) is 0 Å². The maximum Gasteiger partial charge on any atom is 0.254 e. The Morgan fingerprint density at radius 2 is 1.85 bits per heavy atom. The molecular formula is C16H24N2O2. The Bertz CT molecular complexity index is 434. The summed E-state index contributed by atoms with van der Waals surface area (Å²) in [5.74, 6) is 0.0917. The number of hydrogen-bond acceptors (Lipinski definition) is 3. The Morgan fingerprint density at radius 1 is 1.25 bits per heavy atom. The zero-order chi connectivity index (χ0) is 14.5. The van der Waals surface area contributed by atoms with Gasteiger partial charge in [0, 0.05) is 30.9 Å². The van der Waals surface area contributed by atoms with Crippen molar-refractivity contribution in [2.24, 2.45) is 0 Å². The van der Waals surface area contributed by atoms with Gasteiger partial charge in [-0.25, -0.2) is 0 Å². The number of carbonyl (C=O) groups is 1. The van der Waals surface area contributed by atoms with E-state index in [0.29, 0.717) is 13.1 Å². The van der Waals surface area contributed by atoms with Crippen molar-refractivity contribution >= 4 is 11.6 Å². The summed E-state index contributed by atoms with van der Waals surface area (Å²) < 4.78 is 5.66. The predicted octanol–water partition coefficient (Wildman–Crippen LogP) is 2.76. The van der Waals surface area contributed by atoms with Crippen LogP contribution in [0.1, 0.15) is 37.6 Å². The number of benzene rings is 1. The lowest BCUT2D eigenvalue weighted by molar-refractivity contribution is -0.0586. The van der Waals surface area contributed by atoms with E-state index < -0.39 is 0 Å². The fourth-order valence-corrected chi connectivity index (χ4v) is 2.53. The van der Waals surface area contributed by atoms with Gasteiger partial charge in [0.2, 0.25) is 0 Å². The number of anilines is 1. The quantitative estimate of drug-likeness (QED) is 0.919. The number of nitrogens with one attached hydrogen (secondary N) is 1. The van der Waals surface area contributed by atoms with Crippen LogP contribution in [-0.2, 0) is 4.74 Å². The van der Waals surface area contributed by atoms with E-state index in [4.69, 9.17) is 4.74 Å². The van der Waals surface area contributed by atoms with Crippen LogP contribution in [0.5, 0.6) is 0 Å². The molecule has 0 spiro atoms. The van der Waals surface area contributed by atoms with Crippen molar-refractivity contribution in [1.82, 2.24) is 4.90 Å². The average molecular weight is 276 g/mol. The smallest absolute Gasteiger partial charge is 0.254 e. The standard InChI is InChI=1S/C16H24N2O2/c1-4-9-17-15-7-5-14(6-8-15)16(19)18-10-12(2)20-13(3)11-18/h5-8,12-13,17H,4,9-11H2,1-3H3. The molecule has 1 aromatic carbocycles. The maximum atomic E-state index is 12.5. The summed E-state index contributed by atoms with van der Waals surface area (Å²) in [4.78, 5) is 14.3. The lowest BCUT2D eigenvalue weighted by atomic mass is 10.1. The normalized spacial score (nSPS) is 22.6. The average Bonchev–Trinajstić information content (AvgIpc) is 2.44. The second kappa shape index (κ2) is 6.75. The largest absolute Gasteiger partial charge is 0.385 e. The van der Waals surface area contributed by atoms with Crippen molar-refractivity contribution in [3.05, 3.63) is 29.8 Å². The van der Waals surface area contributed by atoms with Gasteiger partial charge in [-0.15, -0.1) is 0 Å². The highest BCUT2D eigenvalue weighted by molar-refractivity contribution is 5.94. The SMILES string of the molecule is CCCNc1ccc(C(=O)N2CC(C)OC(C)C2)cc1. The van der Waals surface area contributed by atoms with Gasteiger partial charge < -0.3 is 15.0 Å². The summed E-state index contributed by atoms with van der Waals surface area (Å²) in [6.45, 7) is 8.43. The molecule has 2 atom stereocenters. The topological polar surface area (TPSA) is 41.6 Å². The number of ether oxygens (including phenoxy) is 1. The van der Waals surface area contributed by atoms with E-state index in [2.05, 4.69) is 12.2 Å². The van der Waals surface area contributed by atoms with E-state index in [9.17, 15) is 4.79 Å². The Balaban J connectivity index is 2.01. The third-order valence-corrected chi connectivity index (χ3v) is 3.42. The minimum Gasteiger partial charge on any atom is -0.385 e. The van der Waals surface area contributed by atoms with E-state index in [1.807, 2.05) is 43.0 Å². The first kappa shape index (κ1) is 14.9. The first-order chi connectivity index (χ1) is 9.60. The number of amides is 1. The van der Waals surface area contributed by atoms with E-state index in [-0.39, 0.29) is 18.1 Å². The van der Waals surface area contributed by atoms with Gasteiger partial charge in [-0.2, -0.15) is 0 Å². The Hall–Kier alpha value is -1.55. The predicted molar refractivity (Wildman–Crippen MR) is 81.1 cm³/mol. The highest BCUT2D eigenvalue weighted by Crippen LogP contribution is 2.16. The molecule has 1 saturated heterocycles.